The van der Waals surface area contributed by atoms with Crippen molar-refractivity contribution in [2.24, 2.45) is 11.8 Å². The van der Waals surface area contributed by atoms with E-state index in [9.17, 15) is 19.2 Å². The molecule has 1 aliphatic heterocycles. The highest BCUT2D eigenvalue weighted by atomic mass is 16.5. The number of nitrogens with zero attached hydrogens (tertiary/aromatic N) is 1. The molecule has 0 atom stereocenters. The molecule has 2 N–H and O–H groups in total. The van der Waals surface area contributed by atoms with Gasteiger partial charge >= 0.3 is 12.0 Å². The highest BCUT2D eigenvalue weighted by Crippen LogP contribution is 2.21. The van der Waals surface area contributed by atoms with Crippen molar-refractivity contribution < 1.29 is 23.9 Å². The molecule has 1 saturated heterocycles. The van der Waals surface area contributed by atoms with E-state index in [0.717, 1.165) is 5.56 Å². The summed E-state index contributed by atoms with van der Waals surface area (Å²) in [5.74, 6) is -1.30. The second kappa shape index (κ2) is 10.6. The SMILES string of the molecule is Cc1ccccc1C(=O)N1CCC(C(=O)OCC(=O)NC(=O)NCC(C)C)CC1. The van der Waals surface area contributed by atoms with Gasteiger partial charge in [0.05, 0.1) is 5.92 Å². The first-order chi connectivity index (χ1) is 13.8. The van der Waals surface area contributed by atoms with Gasteiger partial charge in [-0.15, -0.1) is 0 Å². The Kier molecular flexibility index (Phi) is 8.18. The van der Waals surface area contributed by atoms with Crippen LogP contribution in [0.3, 0.4) is 0 Å². The largest absolute Gasteiger partial charge is 0.455 e. The van der Waals surface area contributed by atoms with Crippen molar-refractivity contribution in [3.8, 4) is 0 Å². The van der Waals surface area contributed by atoms with Crippen LogP contribution >= 0.6 is 0 Å². The summed E-state index contributed by atoms with van der Waals surface area (Å²) in [6.45, 7) is 6.61. The number of imide groups is 1. The van der Waals surface area contributed by atoms with Crippen LogP contribution in [0.2, 0.25) is 0 Å². The summed E-state index contributed by atoms with van der Waals surface area (Å²) in [7, 11) is 0. The molecule has 29 heavy (non-hydrogen) atoms. The van der Waals surface area contributed by atoms with Crippen LogP contribution in [0.25, 0.3) is 0 Å². The van der Waals surface area contributed by atoms with Crippen molar-refractivity contribution in [2.75, 3.05) is 26.2 Å². The van der Waals surface area contributed by atoms with E-state index in [4.69, 9.17) is 4.74 Å². The van der Waals surface area contributed by atoms with E-state index in [1.807, 2.05) is 39.0 Å². The molecule has 2 rings (SSSR count). The van der Waals surface area contributed by atoms with E-state index in [-0.39, 0.29) is 17.7 Å². The Labute approximate surface area is 171 Å². The molecular formula is C21H29N3O5. The highest BCUT2D eigenvalue weighted by Gasteiger charge is 2.29. The van der Waals surface area contributed by atoms with E-state index in [1.165, 1.54) is 0 Å². The van der Waals surface area contributed by atoms with Crippen LogP contribution in [0, 0.1) is 18.8 Å². The average molecular weight is 403 g/mol. The number of nitrogens with one attached hydrogen (secondary N) is 2. The summed E-state index contributed by atoms with van der Waals surface area (Å²) in [6, 6.07) is 6.80. The number of hydrogen-bond acceptors (Lipinski definition) is 5. The minimum atomic E-state index is -0.674. The summed E-state index contributed by atoms with van der Waals surface area (Å²) in [6.07, 6.45) is 0.958. The molecular weight excluding hydrogens is 374 g/mol. The van der Waals surface area contributed by atoms with Crippen molar-refractivity contribution in [1.29, 1.82) is 0 Å². The maximum atomic E-state index is 12.6. The number of amides is 4. The number of benzene rings is 1. The standard InChI is InChI=1S/C21H29N3O5/c1-14(2)12-22-21(28)23-18(25)13-29-20(27)16-8-10-24(11-9-16)19(26)17-7-5-4-6-15(17)3/h4-7,14,16H,8-13H2,1-3H3,(H2,22,23,25,28). The predicted molar refractivity (Wildman–Crippen MR) is 107 cm³/mol. The molecule has 4 amide bonds. The number of aryl methyl sites for hydroxylation is 1. The zero-order valence-electron chi connectivity index (χ0n) is 17.2. The van der Waals surface area contributed by atoms with E-state index in [2.05, 4.69) is 10.6 Å². The number of hydrogen-bond donors (Lipinski definition) is 2. The predicted octanol–water partition coefficient (Wildman–Crippen LogP) is 1.87. The minimum absolute atomic E-state index is 0.0401. The lowest BCUT2D eigenvalue weighted by Gasteiger charge is -2.31. The van der Waals surface area contributed by atoms with Crippen LogP contribution in [-0.4, -0.2) is 55.0 Å². The molecule has 1 heterocycles. The highest BCUT2D eigenvalue weighted by molar-refractivity contribution is 5.96. The number of carbonyl (C=O) groups is 4. The number of likely N-dealkylation sites (tertiary alicyclic amines) is 1. The molecule has 1 aromatic carbocycles. The fraction of sp³-hybridized carbons (Fsp3) is 0.524. The van der Waals surface area contributed by atoms with Crippen LogP contribution in [0.15, 0.2) is 24.3 Å². The van der Waals surface area contributed by atoms with E-state index in [0.29, 0.717) is 38.0 Å². The minimum Gasteiger partial charge on any atom is -0.455 e. The van der Waals surface area contributed by atoms with Crippen molar-refractivity contribution in [2.45, 2.75) is 33.6 Å². The Balaban J connectivity index is 1.73. The summed E-state index contributed by atoms with van der Waals surface area (Å²) < 4.78 is 5.03. The first-order valence-electron chi connectivity index (χ1n) is 9.87. The molecule has 0 radical (unpaired) electrons. The normalized spacial score (nSPS) is 14.4. The molecule has 8 nitrogen and oxygen atoms in total. The number of urea groups is 1. The molecule has 0 saturated carbocycles. The van der Waals surface area contributed by atoms with Gasteiger partial charge in [-0.3, -0.25) is 19.7 Å². The summed E-state index contributed by atoms with van der Waals surface area (Å²) in [5, 5.41) is 4.67. The summed E-state index contributed by atoms with van der Waals surface area (Å²) in [5.41, 5.74) is 1.59. The zero-order valence-corrected chi connectivity index (χ0v) is 17.2. The molecule has 0 aromatic heterocycles. The molecule has 0 aliphatic carbocycles. The fourth-order valence-corrected chi connectivity index (χ4v) is 3.06. The van der Waals surface area contributed by atoms with E-state index in [1.54, 1.807) is 11.0 Å². The second-order valence-electron chi connectivity index (χ2n) is 7.64. The Morgan fingerprint density at radius 3 is 2.41 bits per heavy atom. The van der Waals surface area contributed by atoms with Crippen LogP contribution < -0.4 is 10.6 Å². The topological polar surface area (TPSA) is 105 Å². The van der Waals surface area contributed by atoms with Crippen molar-refractivity contribution in [3.63, 3.8) is 0 Å². The second-order valence-corrected chi connectivity index (χ2v) is 7.64. The summed E-state index contributed by atoms with van der Waals surface area (Å²) in [4.78, 5) is 49.8. The van der Waals surface area contributed by atoms with Crippen LogP contribution in [0.1, 0.15) is 42.6 Å². The molecule has 8 heteroatoms. The molecule has 1 fully saturated rings. The molecule has 0 bridgehead atoms. The molecule has 0 unspecified atom stereocenters. The number of rotatable bonds is 6. The van der Waals surface area contributed by atoms with Crippen LogP contribution in [0.4, 0.5) is 4.79 Å². The van der Waals surface area contributed by atoms with Gasteiger partial charge in [0.2, 0.25) is 0 Å². The van der Waals surface area contributed by atoms with Crippen molar-refractivity contribution in [1.82, 2.24) is 15.5 Å². The van der Waals surface area contributed by atoms with Gasteiger partial charge < -0.3 is 15.0 Å². The number of carbonyl (C=O) groups excluding carboxylic acids is 4. The van der Waals surface area contributed by atoms with Gasteiger partial charge in [-0.2, -0.15) is 0 Å². The lowest BCUT2D eigenvalue weighted by atomic mass is 9.96. The number of ether oxygens (including phenoxy) is 1. The van der Waals surface area contributed by atoms with Gasteiger partial charge in [0.25, 0.3) is 11.8 Å². The molecule has 158 valence electrons. The van der Waals surface area contributed by atoms with Gasteiger partial charge in [-0.1, -0.05) is 32.0 Å². The molecule has 1 aromatic rings. The first kappa shape index (κ1) is 22.4. The van der Waals surface area contributed by atoms with Gasteiger partial charge in [-0.25, -0.2) is 4.79 Å². The third-order valence-corrected chi connectivity index (χ3v) is 4.76. The Morgan fingerprint density at radius 2 is 1.79 bits per heavy atom. The smallest absolute Gasteiger partial charge is 0.321 e. The Morgan fingerprint density at radius 1 is 1.14 bits per heavy atom. The van der Waals surface area contributed by atoms with Crippen molar-refractivity contribution in [3.05, 3.63) is 35.4 Å². The van der Waals surface area contributed by atoms with Crippen molar-refractivity contribution >= 4 is 23.8 Å². The van der Waals surface area contributed by atoms with E-state index >= 15 is 0 Å². The number of piperidine rings is 1. The van der Waals surface area contributed by atoms with Gasteiger partial charge in [0.1, 0.15) is 0 Å². The lowest BCUT2D eigenvalue weighted by Crippen LogP contribution is -2.43. The monoisotopic (exact) mass is 403 g/mol. The first-order valence-corrected chi connectivity index (χ1v) is 9.87. The Bertz CT molecular complexity index is 754. The number of esters is 1. The maximum Gasteiger partial charge on any atom is 0.321 e. The lowest BCUT2D eigenvalue weighted by molar-refractivity contribution is -0.153. The quantitative estimate of drug-likeness (QED) is 0.706. The summed E-state index contributed by atoms with van der Waals surface area (Å²) >= 11 is 0. The van der Waals surface area contributed by atoms with Gasteiger partial charge in [-0.05, 0) is 37.3 Å². The van der Waals surface area contributed by atoms with Gasteiger partial charge in [0, 0.05) is 25.2 Å². The molecule has 0 spiro atoms. The zero-order chi connectivity index (χ0) is 21.4. The third kappa shape index (κ3) is 6.89. The van der Waals surface area contributed by atoms with Crippen LogP contribution in [0.5, 0.6) is 0 Å². The van der Waals surface area contributed by atoms with Crippen LogP contribution in [-0.2, 0) is 14.3 Å². The fourth-order valence-electron chi connectivity index (χ4n) is 3.06. The average Bonchev–Trinajstić information content (AvgIpc) is 2.70. The Hall–Kier alpha value is -2.90. The maximum absolute atomic E-state index is 12.6. The van der Waals surface area contributed by atoms with E-state index < -0.39 is 24.5 Å². The van der Waals surface area contributed by atoms with Gasteiger partial charge in [0.15, 0.2) is 6.61 Å². The third-order valence-electron chi connectivity index (χ3n) is 4.76. The molecule has 1 aliphatic rings.